The lowest BCUT2D eigenvalue weighted by molar-refractivity contribution is -0.122. The van der Waals surface area contributed by atoms with Crippen LogP contribution in [-0.4, -0.2) is 55.8 Å². The molecule has 2 aliphatic carbocycles. The molecule has 2 atom stereocenters. The van der Waals surface area contributed by atoms with Gasteiger partial charge in [0.1, 0.15) is 36.1 Å². The van der Waals surface area contributed by atoms with E-state index in [1.165, 1.54) is 11.1 Å². The van der Waals surface area contributed by atoms with Gasteiger partial charge >= 0.3 is 0 Å². The number of rotatable bonds is 14. The summed E-state index contributed by atoms with van der Waals surface area (Å²) in [6.07, 6.45) is 4.42. The Morgan fingerprint density at radius 3 is 2.46 bits per heavy atom. The van der Waals surface area contributed by atoms with Crippen LogP contribution in [0.15, 0.2) is 66.7 Å². The molecule has 294 valence electrons. The molecule has 11 heteroatoms. The van der Waals surface area contributed by atoms with Crippen molar-refractivity contribution in [1.82, 2.24) is 15.5 Å². The van der Waals surface area contributed by atoms with Gasteiger partial charge in [-0.1, -0.05) is 41.9 Å². The molecule has 8 rings (SSSR count). The van der Waals surface area contributed by atoms with Crippen LogP contribution < -0.4 is 24.8 Å². The van der Waals surface area contributed by atoms with E-state index < -0.39 is 6.17 Å². The maximum atomic E-state index is 13.4. The predicted octanol–water partition coefficient (Wildman–Crippen LogP) is 8.28. The number of hydrogen-bond donors (Lipinski definition) is 2. The summed E-state index contributed by atoms with van der Waals surface area (Å²) in [5.74, 6) is 2.03. The topological polar surface area (TPSA) is 120 Å². The fourth-order valence-electron chi connectivity index (χ4n) is 9.04. The molecule has 57 heavy (non-hydrogen) atoms. The summed E-state index contributed by atoms with van der Waals surface area (Å²) in [6, 6.07) is 25.7. The highest BCUT2D eigenvalue weighted by molar-refractivity contribution is 6.32. The minimum atomic E-state index is -0.596. The first-order chi connectivity index (χ1) is 27.7. The van der Waals surface area contributed by atoms with Gasteiger partial charge in [-0.05, 0) is 109 Å². The zero-order chi connectivity index (χ0) is 39.5. The highest BCUT2D eigenvalue weighted by Crippen LogP contribution is 2.49. The molecule has 4 aliphatic rings. The zero-order valence-electron chi connectivity index (χ0n) is 32.2. The Morgan fingerprint density at radius 1 is 0.947 bits per heavy atom. The van der Waals surface area contributed by atoms with Crippen LogP contribution in [0.4, 0.5) is 4.39 Å². The highest BCUT2D eigenvalue weighted by Gasteiger charge is 2.52. The Kier molecular flexibility index (Phi) is 11.4. The number of fused-ring (bicyclic) bond motifs is 1. The molecular formula is C46H47ClFN5O4. The van der Waals surface area contributed by atoms with Crippen molar-refractivity contribution in [3.63, 3.8) is 0 Å². The quantitative estimate of drug-likeness (QED) is 0.123. The number of alkyl halides is 1. The third-order valence-electron chi connectivity index (χ3n) is 12.0. The molecule has 4 aromatic carbocycles. The smallest absolute Gasteiger partial charge is 0.220 e. The Hall–Kier alpha value is -5.13. The molecule has 1 spiro atoms. The lowest BCUT2D eigenvalue weighted by atomic mass is 9.62. The first kappa shape index (κ1) is 38.7. The predicted molar refractivity (Wildman–Crippen MR) is 216 cm³/mol. The molecule has 0 aromatic heterocycles. The number of carbonyl (C=O) groups excluding carboxylic acids is 1. The number of nitriles is 2. The van der Waals surface area contributed by atoms with Crippen molar-refractivity contribution in [2.24, 2.45) is 5.41 Å². The number of carbonyl (C=O) groups is 1. The SMILES string of the molecule is Cc1c(OCCCN2CC3(CC(F)C3)C2)cccc1-c1cccc2c1CC[C@@H]2Oc1cc(OCc2cc(C#N)cc(C#N)c2)c(CN[C@H]2CCC(=O)NC2)cc1Cl. The maximum Gasteiger partial charge on any atom is 0.220 e. The highest BCUT2D eigenvalue weighted by atomic mass is 35.5. The Bertz CT molecular complexity index is 2190. The van der Waals surface area contributed by atoms with Gasteiger partial charge in [-0.3, -0.25) is 4.79 Å². The van der Waals surface area contributed by atoms with Crippen molar-refractivity contribution in [2.75, 3.05) is 32.8 Å². The largest absolute Gasteiger partial charge is 0.493 e. The van der Waals surface area contributed by atoms with Gasteiger partial charge < -0.3 is 29.7 Å². The summed E-state index contributed by atoms with van der Waals surface area (Å²) in [5.41, 5.74) is 8.35. The number of likely N-dealkylation sites (tertiary alicyclic amines) is 1. The number of nitrogens with zero attached hydrogens (tertiary/aromatic N) is 3. The fraction of sp³-hybridized carbons (Fsp3) is 0.413. The van der Waals surface area contributed by atoms with Gasteiger partial charge in [-0.25, -0.2) is 4.39 Å². The lowest BCUT2D eigenvalue weighted by Gasteiger charge is -2.57. The van der Waals surface area contributed by atoms with Crippen molar-refractivity contribution in [1.29, 1.82) is 10.5 Å². The van der Waals surface area contributed by atoms with E-state index in [1.807, 2.05) is 18.2 Å². The normalized spacial score (nSPS) is 19.8. The summed E-state index contributed by atoms with van der Waals surface area (Å²) in [7, 11) is 0. The van der Waals surface area contributed by atoms with Gasteiger partial charge in [0, 0.05) is 62.2 Å². The van der Waals surface area contributed by atoms with E-state index in [1.54, 1.807) is 18.2 Å². The van der Waals surface area contributed by atoms with E-state index in [4.69, 9.17) is 25.8 Å². The summed E-state index contributed by atoms with van der Waals surface area (Å²) >= 11 is 6.95. The van der Waals surface area contributed by atoms with Crippen LogP contribution in [0, 0.1) is 35.0 Å². The van der Waals surface area contributed by atoms with E-state index in [9.17, 15) is 19.7 Å². The molecule has 1 saturated carbocycles. The van der Waals surface area contributed by atoms with Crippen molar-refractivity contribution in [3.05, 3.63) is 111 Å². The van der Waals surface area contributed by atoms with Crippen molar-refractivity contribution >= 4 is 17.5 Å². The third kappa shape index (κ3) is 8.60. The van der Waals surface area contributed by atoms with Crippen LogP contribution in [0.2, 0.25) is 5.02 Å². The molecule has 0 unspecified atom stereocenters. The van der Waals surface area contributed by atoms with E-state index in [0.717, 1.165) is 86.2 Å². The molecule has 2 saturated heterocycles. The minimum absolute atomic E-state index is 0.0577. The number of benzene rings is 4. The number of nitrogens with one attached hydrogen (secondary N) is 2. The van der Waals surface area contributed by atoms with E-state index >= 15 is 0 Å². The van der Waals surface area contributed by atoms with Crippen molar-refractivity contribution < 1.29 is 23.4 Å². The van der Waals surface area contributed by atoms with Crippen LogP contribution in [-0.2, 0) is 24.4 Å². The molecule has 1 amide bonds. The third-order valence-corrected chi connectivity index (χ3v) is 12.3. The molecular weight excluding hydrogens is 741 g/mol. The molecule has 0 bridgehead atoms. The van der Waals surface area contributed by atoms with Gasteiger partial charge in [-0.2, -0.15) is 10.5 Å². The van der Waals surface area contributed by atoms with Crippen molar-refractivity contribution in [3.8, 4) is 40.5 Å². The average molecular weight is 788 g/mol. The van der Waals surface area contributed by atoms with Gasteiger partial charge in [0.15, 0.2) is 0 Å². The van der Waals surface area contributed by atoms with Crippen LogP contribution in [0.5, 0.6) is 17.2 Å². The monoisotopic (exact) mass is 787 g/mol. The van der Waals surface area contributed by atoms with Gasteiger partial charge in [0.25, 0.3) is 0 Å². The molecule has 4 aromatic rings. The first-order valence-electron chi connectivity index (χ1n) is 20.0. The number of halogens is 2. The number of piperidine rings is 1. The van der Waals surface area contributed by atoms with Crippen LogP contribution in [0.3, 0.4) is 0 Å². The van der Waals surface area contributed by atoms with Gasteiger partial charge in [0.05, 0.1) is 34.9 Å². The van der Waals surface area contributed by atoms with E-state index in [0.29, 0.717) is 59.3 Å². The van der Waals surface area contributed by atoms with Crippen molar-refractivity contribution in [2.45, 2.75) is 83.3 Å². The Morgan fingerprint density at radius 2 is 1.72 bits per heavy atom. The summed E-state index contributed by atoms with van der Waals surface area (Å²) in [5, 5.41) is 25.9. The molecule has 2 N–H and O–H groups in total. The zero-order valence-corrected chi connectivity index (χ0v) is 33.0. The fourth-order valence-corrected chi connectivity index (χ4v) is 9.27. The van der Waals surface area contributed by atoms with Crippen LogP contribution in [0.25, 0.3) is 11.1 Å². The Labute approximate surface area is 338 Å². The second kappa shape index (κ2) is 16.8. The Balaban J connectivity index is 0.967. The van der Waals surface area contributed by atoms with E-state index in [2.05, 4.69) is 64.9 Å². The second-order valence-corrected chi connectivity index (χ2v) is 16.5. The average Bonchev–Trinajstić information content (AvgIpc) is 3.61. The first-order valence-corrected chi connectivity index (χ1v) is 20.3. The molecule has 2 aliphatic heterocycles. The molecule has 0 radical (unpaired) electrons. The molecule has 9 nitrogen and oxygen atoms in total. The second-order valence-electron chi connectivity index (χ2n) is 16.1. The number of hydrogen-bond acceptors (Lipinski definition) is 8. The maximum absolute atomic E-state index is 13.4. The summed E-state index contributed by atoms with van der Waals surface area (Å²) in [4.78, 5) is 14.1. The number of amides is 1. The van der Waals surface area contributed by atoms with E-state index in [-0.39, 0.29) is 30.1 Å². The van der Waals surface area contributed by atoms with Gasteiger partial charge in [0.2, 0.25) is 5.91 Å². The number of ether oxygens (including phenoxy) is 3. The van der Waals surface area contributed by atoms with Crippen LogP contribution in [0.1, 0.15) is 83.6 Å². The molecule has 2 heterocycles. The molecule has 3 fully saturated rings. The standard InChI is InChI=1S/C46H47ClFN5O4/c1-29-36(5-3-8-41(29)55-14-4-13-53-27-46(28-53)20-34(48)21-46)37-6-2-7-39-38(37)10-11-42(39)57-44-19-43(56-26-32-16-30(22-49)15-31(17-32)23-50)33(18-40(44)47)24-51-35-9-12-45(54)52-25-35/h2-3,5-8,15-19,34-35,42,51H,4,9-14,20-21,24-28H2,1H3,(H,52,54)/t35-,42-/m0/s1. The lowest BCUT2D eigenvalue weighted by Crippen LogP contribution is -2.62. The minimum Gasteiger partial charge on any atom is -0.493 e. The van der Waals surface area contributed by atoms with Gasteiger partial charge in [-0.15, -0.1) is 0 Å². The summed E-state index contributed by atoms with van der Waals surface area (Å²) < 4.78 is 32.8. The summed E-state index contributed by atoms with van der Waals surface area (Å²) in [6.45, 7) is 6.90. The van der Waals surface area contributed by atoms with Crippen LogP contribution >= 0.6 is 11.6 Å².